The lowest BCUT2D eigenvalue weighted by Gasteiger charge is -2.28. The van der Waals surface area contributed by atoms with Crippen molar-refractivity contribution >= 4 is 19.8 Å². The second-order valence-corrected chi connectivity index (χ2v) is 22.0. The van der Waals surface area contributed by atoms with Gasteiger partial charge in [0.25, 0.3) is 7.82 Å². The van der Waals surface area contributed by atoms with E-state index in [9.17, 15) is 19.0 Å². The van der Waals surface area contributed by atoms with Crippen molar-refractivity contribution in [3.63, 3.8) is 0 Å². The lowest BCUT2D eigenvalue weighted by atomic mass is 10.0. The van der Waals surface area contributed by atoms with E-state index in [2.05, 4.69) is 86.8 Å². The van der Waals surface area contributed by atoms with Crippen molar-refractivity contribution in [2.75, 3.05) is 47.5 Å². The fourth-order valence-corrected chi connectivity index (χ4v) is 8.74. The summed E-state index contributed by atoms with van der Waals surface area (Å²) < 4.78 is 34.1. The molecule has 2 atom stereocenters. The first-order valence-electron chi connectivity index (χ1n) is 29.1. The first-order valence-corrected chi connectivity index (χ1v) is 30.6. The molecule has 0 heterocycles. The van der Waals surface area contributed by atoms with Crippen molar-refractivity contribution < 1.29 is 42.1 Å². The average Bonchev–Trinajstić information content (AvgIpc) is 3.33. The van der Waals surface area contributed by atoms with E-state index in [1.54, 1.807) is 0 Å². The van der Waals surface area contributed by atoms with E-state index >= 15 is 0 Å². The number of unbranched alkanes of at least 4 members (excludes halogenated alkanes) is 27. The van der Waals surface area contributed by atoms with Crippen molar-refractivity contribution in [2.45, 2.75) is 258 Å². The number of quaternary nitrogens is 1. The van der Waals surface area contributed by atoms with Crippen LogP contribution in [0.2, 0.25) is 0 Å². The highest BCUT2D eigenvalue weighted by molar-refractivity contribution is 7.45. The lowest BCUT2D eigenvalue weighted by molar-refractivity contribution is -0.870. The summed E-state index contributed by atoms with van der Waals surface area (Å²) in [6.45, 7) is 4.13. The van der Waals surface area contributed by atoms with E-state index < -0.39 is 26.5 Å². The van der Waals surface area contributed by atoms with E-state index in [0.717, 1.165) is 77.0 Å². The fraction of sp³-hybridized carbons (Fsp3) is 0.770. The maximum Gasteiger partial charge on any atom is 0.306 e. The second kappa shape index (κ2) is 52.3. The van der Waals surface area contributed by atoms with Gasteiger partial charge in [-0.1, -0.05) is 247 Å². The molecule has 0 N–H and O–H groups in total. The van der Waals surface area contributed by atoms with Gasteiger partial charge in [-0.2, -0.15) is 0 Å². The number of allylic oxidation sites excluding steroid dienone is 12. The summed E-state index contributed by atoms with van der Waals surface area (Å²) in [6.07, 6.45) is 68.2. The minimum absolute atomic E-state index is 0.0305. The molecule has 71 heavy (non-hydrogen) atoms. The molecule has 412 valence electrons. The quantitative estimate of drug-likeness (QED) is 0.0195. The van der Waals surface area contributed by atoms with Crippen molar-refractivity contribution in [2.24, 2.45) is 0 Å². The molecule has 0 saturated heterocycles. The molecular formula is C61H110NO8P. The zero-order chi connectivity index (χ0) is 52.0. The molecule has 0 aliphatic heterocycles. The summed E-state index contributed by atoms with van der Waals surface area (Å²) in [5.74, 6) is -0.827. The summed E-state index contributed by atoms with van der Waals surface area (Å²) in [4.78, 5) is 37.7. The predicted molar refractivity (Wildman–Crippen MR) is 300 cm³/mol. The van der Waals surface area contributed by atoms with Gasteiger partial charge in [-0.25, -0.2) is 0 Å². The normalized spacial score (nSPS) is 13.8. The Kier molecular flexibility index (Phi) is 50.4. The van der Waals surface area contributed by atoms with Crippen molar-refractivity contribution in [3.8, 4) is 0 Å². The van der Waals surface area contributed by atoms with E-state index in [4.69, 9.17) is 18.5 Å². The van der Waals surface area contributed by atoms with Gasteiger partial charge in [-0.05, 0) is 64.2 Å². The van der Waals surface area contributed by atoms with Crippen LogP contribution in [0.3, 0.4) is 0 Å². The van der Waals surface area contributed by atoms with Gasteiger partial charge in [0.15, 0.2) is 6.10 Å². The summed E-state index contributed by atoms with van der Waals surface area (Å²) >= 11 is 0. The third kappa shape index (κ3) is 56.6. The first-order chi connectivity index (χ1) is 34.5. The summed E-state index contributed by atoms with van der Waals surface area (Å²) in [5, 5.41) is 0. The van der Waals surface area contributed by atoms with Crippen LogP contribution in [0.15, 0.2) is 72.9 Å². The largest absolute Gasteiger partial charge is 0.756 e. The third-order valence-corrected chi connectivity index (χ3v) is 13.5. The van der Waals surface area contributed by atoms with E-state index in [-0.39, 0.29) is 32.0 Å². The van der Waals surface area contributed by atoms with Gasteiger partial charge in [0, 0.05) is 12.8 Å². The van der Waals surface area contributed by atoms with Gasteiger partial charge < -0.3 is 27.9 Å². The standard InChI is InChI=1S/C61H110NO8P/c1-6-8-10-12-14-16-18-20-21-22-23-24-25-26-27-28-29-30-31-32-33-34-35-36-37-38-39-40-41-42-44-46-48-50-52-54-61(64)70-59(58-69-71(65,66)68-56-55-62(3,4)5)57-67-60(63)53-51-49-47-45-43-19-17-15-13-11-9-7-2/h8,10,14,16,20-21,23-24,26-27,29-30,59H,6-7,9,11-13,15,17-19,22,25,28,31-58H2,1-5H3/b10-8-,16-14-,21-20-,24-23-,27-26-,30-29-. The number of ether oxygens (including phenoxy) is 2. The van der Waals surface area contributed by atoms with Crippen molar-refractivity contribution in [3.05, 3.63) is 72.9 Å². The van der Waals surface area contributed by atoms with Crippen molar-refractivity contribution in [1.82, 2.24) is 0 Å². The van der Waals surface area contributed by atoms with Crippen LogP contribution >= 0.6 is 7.82 Å². The molecule has 0 amide bonds. The monoisotopic (exact) mass is 1020 g/mol. The Morgan fingerprint density at radius 2 is 0.803 bits per heavy atom. The Balaban J connectivity index is 4.00. The number of nitrogens with zero attached hydrogens (tertiary/aromatic N) is 1. The molecule has 0 rings (SSSR count). The molecule has 0 fully saturated rings. The Labute approximate surface area is 438 Å². The Morgan fingerprint density at radius 1 is 0.451 bits per heavy atom. The molecule has 0 radical (unpaired) electrons. The molecule has 0 aliphatic carbocycles. The van der Waals surface area contributed by atoms with Crippen LogP contribution in [0.1, 0.15) is 251 Å². The molecule has 2 unspecified atom stereocenters. The number of phosphoric ester groups is 1. The summed E-state index contributed by atoms with van der Waals surface area (Å²) in [6, 6.07) is 0. The molecule has 9 nitrogen and oxygen atoms in total. The second-order valence-electron chi connectivity index (χ2n) is 20.6. The van der Waals surface area contributed by atoms with Gasteiger partial charge in [0.1, 0.15) is 19.8 Å². The Morgan fingerprint density at radius 3 is 1.20 bits per heavy atom. The maximum absolute atomic E-state index is 12.8. The molecule has 0 bridgehead atoms. The Bertz CT molecular complexity index is 1430. The highest BCUT2D eigenvalue weighted by atomic mass is 31.2. The molecule has 0 aromatic heterocycles. The van der Waals surface area contributed by atoms with Crippen LogP contribution in [0.25, 0.3) is 0 Å². The van der Waals surface area contributed by atoms with Crippen LogP contribution in [-0.4, -0.2) is 70.0 Å². The minimum Gasteiger partial charge on any atom is -0.756 e. The number of carbonyl (C=O) groups is 2. The fourth-order valence-electron chi connectivity index (χ4n) is 8.01. The number of likely N-dealkylation sites (N-methyl/N-ethyl adjacent to an activating group) is 1. The molecule has 10 heteroatoms. The van der Waals surface area contributed by atoms with E-state index in [1.807, 2.05) is 21.1 Å². The van der Waals surface area contributed by atoms with E-state index in [0.29, 0.717) is 17.4 Å². The molecular weight excluding hydrogens is 906 g/mol. The number of hydrogen-bond donors (Lipinski definition) is 0. The third-order valence-electron chi connectivity index (χ3n) is 12.5. The molecule has 0 spiro atoms. The van der Waals surface area contributed by atoms with Gasteiger partial charge in [-0.15, -0.1) is 0 Å². The number of rotatable bonds is 53. The molecule has 0 aromatic rings. The molecule has 0 aromatic carbocycles. The summed E-state index contributed by atoms with van der Waals surface area (Å²) in [7, 11) is 1.17. The summed E-state index contributed by atoms with van der Waals surface area (Å²) in [5.41, 5.74) is 0. The van der Waals surface area contributed by atoms with Crippen molar-refractivity contribution in [1.29, 1.82) is 0 Å². The number of phosphoric acid groups is 1. The first kappa shape index (κ1) is 68.5. The van der Waals surface area contributed by atoms with Crippen LogP contribution in [0, 0.1) is 0 Å². The highest BCUT2D eigenvalue weighted by Crippen LogP contribution is 2.38. The lowest BCUT2D eigenvalue weighted by Crippen LogP contribution is -2.37. The molecule has 0 aliphatic rings. The van der Waals surface area contributed by atoms with Gasteiger partial charge in [0.2, 0.25) is 0 Å². The van der Waals surface area contributed by atoms with Gasteiger partial charge >= 0.3 is 11.9 Å². The topological polar surface area (TPSA) is 111 Å². The number of hydrogen-bond acceptors (Lipinski definition) is 8. The maximum atomic E-state index is 12.8. The van der Waals surface area contributed by atoms with Crippen LogP contribution < -0.4 is 4.89 Å². The van der Waals surface area contributed by atoms with Gasteiger partial charge in [0.05, 0.1) is 27.7 Å². The van der Waals surface area contributed by atoms with Crippen LogP contribution in [0.4, 0.5) is 0 Å². The number of esters is 2. The minimum atomic E-state index is -4.63. The zero-order valence-electron chi connectivity index (χ0n) is 46.7. The highest BCUT2D eigenvalue weighted by Gasteiger charge is 2.22. The average molecular weight is 1020 g/mol. The number of carbonyl (C=O) groups excluding carboxylic acids is 2. The van der Waals surface area contributed by atoms with Crippen LogP contribution in [0.5, 0.6) is 0 Å². The Hall–Kier alpha value is -2.55. The smallest absolute Gasteiger partial charge is 0.306 e. The van der Waals surface area contributed by atoms with Gasteiger partial charge in [-0.3, -0.25) is 14.2 Å². The van der Waals surface area contributed by atoms with Crippen LogP contribution in [-0.2, 0) is 32.7 Å². The zero-order valence-corrected chi connectivity index (χ0v) is 47.6. The predicted octanol–water partition coefficient (Wildman–Crippen LogP) is 17.5. The van der Waals surface area contributed by atoms with E-state index in [1.165, 1.54) is 141 Å². The molecule has 0 saturated carbocycles. The SMILES string of the molecule is CC/C=C\C/C=C\C/C=C\C/C=C\C/C=C\C/C=C\CCCCCCCCCCCCCCCCCCC(=O)OC(COC(=O)CCCCCCCCCCCCCC)COP(=O)([O-])OCC[N+](C)(C)C.